The summed E-state index contributed by atoms with van der Waals surface area (Å²) in [6, 6.07) is 10.9. The predicted molar refractivity (Wildman–Crippen MR) is 110 cm³/mol. The van der Waals surface area contributed by atoms with Gasteiger partial charge in [-0.15, -0.1) is 0 Å². The summed E-state index contributed by atoms with van der Waals surface area (Å²) in [5.41, 5.74) is 3.40. The molecule has 0 aliphatic carbocycles. The summed E-state index contributed by atoms with van der Waals surface area (Å²) in [6.45, 7) is 5.15. The highest BCUT2D eigenvalue weighted by Crippen LogP contribution is 2.24. The van der Waals surface area contributed by atoms with Crippen LogP contribution in [0.3, 0.4) is 0 Å². The van der Waals surface area contributed by atoms with Crippen LogP contribution in [0.15, 0.2) is 50.6 Å². The first-order chi connectivity index (χ1) is 14.4. The molecule has 0 fully saturated rings. The van der Waals surface area contributed by atoms with E-state index in [1.54, 1.807) is 25.1 Å². The Morgan fingerprint density at radius 1 is 1.17 bits per heavy atom. The number of carbonyl (C=O) groups is 2. The second-order valence-corrected chi connectivity index (χ2v) is 7.66. The van der Waals surface area contributed by atoms with Crippen LogP contribution in [0.1, 0.15) is 27.5 Å². The highest BCUT2D eigenvalue weighted by Gasteiger charge is 2.20. The SMILES string of the molecule is Cc1cc(-n2c(C)cc(C(=O)COC(=O)CSc3nc4ccccc4o3)c2C)no1. The van der Waals surface area contributed by atoms with Gasteiger partial charge in [-0.2, -0.15) is 0 Å². The number of ether oxygens (including phenoxy) is 1. The summed E-state index contributed by atoms with van der Waals surface area (Å²) >= 11 is 1.12. The van der Waals surface area contributed by atoms with Gasteiger partial charge in [-0.05, 0) is 39.0 Å². The number of carbonyl (C=O) groups excluding carboxylic acids is 2. The molecular weight excluding hydrogens is 406 g/mol. The average Bonchev–Trinajstić information content (AvgIpc) is 3.41. The molecule has 0 amide bonds. The Bertz CT molecular complexity index is 1200. The second-order valence-electron chi connectivity index (χ2n) is 6.74. The van der Waals surface area contributed by atoms with Gasteiger partial charge in [0.15, 0.2) is 18.0 Å². The van der Waals surface area contributed by atoms with Gasteiger partial charge in [0.25, 0.3) is 5.22 Å². The molecule has 30 heavy (non-hydrogen) atoms. The number of rotatable bonds is 7. The first-order valence-corrected chi connectivity index (χ1v) is 10.2. The Kier molecular flexibility index (Phi) is 5.45. The monoisotopic (exact) mass is 425 g/mol. The Morgan fingerprint density at radius 3 is 2.70 bits per heavy atom. The minimum atomic E-state index is -0.517. The maximum absolute atomic E-state index is 12.6. The number of para-hydroxylation sites is 2. The highest BCUT2D eigenvalue weighted by molar-refractivity contribution is 7.99. The number of esters is 1. The Morgan fingerprint density at radius 2 is 1.97 bits per heavy atom. The van der Waals surface area contributed by atoms with Gasteiger partial charge >= 0.3 is 5.97 Å². The molecule has 0 saturated carbocycles. The van der Waals surface area contributed by atoms with Crippen LogP contribution in [0.4, 0.5) is 0 Å². The zero-order valence-electron chi connectivity index (χ0n) is 16.7. The van der Waals surface area contributed by atoms with Gasteiger partial charge in [0.2, 0.25) is 5.78 Å². The van der Waals surface area contributed by atoms with Gasteiger partial charge in [-0.25, -0.2) is 4.98 Å². The molecule has 8 nitrogen and oxygen atoms in total. The molecule has 0 aliphatic heterocycles. The summed E-state index contributed by atoms with van der Waals surface area (Å²) in [5, 5.41) is 4.38. The average molecular weight is 425 g/mol. The van der Waals surface area contributed by atoms with Crippen molar-refractivity contribution in [2.24, 2.45) is 0 Å². The van der Waals surface area contributed by atoms with Gasteiger partial charge in [0.1, 0.15) is 17.0 Å². The molecule has 0 bridgehead atoms. The molecule has 0 radical (unpaired) electrons. The third-order valence-electron chi connectivity index (χ3n) is 4.53. The van der Waals surface area contributed by atoms with Crippen LogP contribution >= 0.6 is 11.8 Å². The predicted octanol–water partition coefficient (Wildman–Crippen LogP) is 4.05. The highest BCUT2D eigenvalue weighted by atomic mass is 32.2. The lowest BCUT2D eigenvalue weighted by Crippen LogP contribution is -2.16. The normalized spacial score (nSPS) is 11.2. The van der Waals surface area contributed by atoms with Gasteiger partial charge in [-0.3, -0.25) is 14.2 Å². The van der Waals surface area contributed by atoms with Crippen molar-refractivity contribution in [3.8, 4) is 5.82 Å². The summed E-state index contributed by atoms with van der Waals surface area (Å²) < 4.78 is 17.6. The molecule has 3 heterocycles. The minimum absolute atomic E-state index is 0.00264. The van der Waals surface area contributed by atoms with Gasteiger partial charge < -0.3 is 13.7 Å². The third kappa shape index (κ3) is 4.02. The van der Waals surface area contributed by atoms with E-state index in [-0.39, 0.29) is 18.1 Å². The van der Waals surface area contributed by atoms with E-state index in [2.05, 4.69) is 10.1 Å². The molecule has 0 N–H and O–H groups in total. The van der Waals surface area contributed by atoms with E-state index in [4.69, 9.17) is 13.7 Å². The van der Waals surface area contributed by atoms with E-state index < -0.39 is 5.97 Å². The lowest BCUT2D eigenvalue weighted by Gasteiger charge is -2.06. The first kappa shape index (κ1) is 20.0. The van der Waals surface area contributed by atoms with Crippen molar-refractivity contribution < 1.29 is 23.3 Å². The molecule has 0 spiro atoms. The van der Waals surface area contributed by atoms with Gasteiger partial charge in [-0.1, -0.05) is 29.1 Å². The number of benzene rings is 1. The third-order valence-corrected chi connectivity index (χ3v) is 5.33. The van der Waals surface area contributed by atoms with E-state index in [9.17, 15) is 9.59 Å². The molecule has 4 aromatic rings. The summed E-state index contributed by atoms with van der Waals surface area (Å²) in [5.74, 6) is 0.479. The van der Waals surface area contributed by atoms with E-state index in [0.717, 1.165) is 23.0 Å². The molecule has 0 aliphatic rings. The summed E-state index contributed by atoms with van der Waals surface area (Å²) in [6.07, 6.45) is 0. The molecule has 0 atom stereocenters. The smallest absolute Gasteiger partial charge is 0.316 e. The fourth-order valence-electron chi connectivity index (χ4n) is 3.16. The number of thioether (sulfide) groups is 1. The number of oxazole rings is 1. The van der Waals surface area contributed by atoms with Crippen molar-refractivity contribution in [2.75, 3.05) is 12.4 Å². The molecule has 154 valence electrons. The van der Waals surface area contributed by atoms with Crippen LogP contribution in [0, 0.1) is 20.8 Å². The topological polar surface area (TPSA) is 100 Å². The number of aromatic nitrogens is 3. The molecule has 1 aromatic carbocycles. The summed E-state index contributed by atoms with van der Waals surface area (Å²) in [7, 11) is 0. The maximum Gasteiger partial charge on any atom is 0.316 e. The van der Waals surface area contributed by atoms with Crippen molar-refractivity contribution in [3.05, 3.63) is 59.1 Å². The number of ketones is 1. The Balaban J connectivity index is 1.35. The summed E-state index contributed by atoms with van der Waals surface area (Å²) in [4.78, 5) is 28.9. The van der Waals surface area contributed by atoms with Crippen molar-refractivity contribution in [1.29, 1.82) is 0 Å². The minimum Gasteiger partial charge on any atom is -0.457 e. The number of hydrogen-bond donors (Lipinski definition) is 0. The van der Waals surface area contributed by atoms with Crippen LogP contribution in [0.2, 0.25) is 0 Å². The number of nitrogens with zero attached hydrogens (tertiary/aromatic N) is 3. The standard InChI is InChI=1S/C21H19N3O5S/c1-12-8-15(14(3)24(12)19-9-13(2)29-23-19)17(25)10-27-20(26)11-30-21-22-16-6-4-5-7-18(16)28-21/h4-9H,10-11H2,1-3H3. The lowest BCUT2D eigenvalue weighted by molar-refractivity contribution is -0.139. The lowest BCUT2D eigenvalue weighted by atomic mass is 10.1. The van der Waals surface area contributed by atoms with Gasteiger partial charge in [0, 0.05) is 23.0 Å². The largest absolute Gasteiger partial charge is 0.457 e. The van der Waals surface area contributed by atoms with Crippen LogP contribution in [0.5, 0.6) is 0 Å². The fraction of sp³-hybridized carbons (Fsp3) is 0.238. The van der Waals surface area contributed by atoms with Crippen molar-refractivity contribution >= 4 is 34.6 Å². The second kappa shape index (κ2) is 8.19. The fourth-order valence-corrected chi connectivity index (χ4v) is 3.79. The number of hydrogen-bond acceptors (Lipinski definition) is 8. The molecule has 0 unspecified atom stereocenters. The van der Waals surface area contributed by atoms with Crippen LogP contribution < -0.4 is 0 Å². The molecule has 9 heteroatoms. The molecule has 4 rings (SSSR count). The molecule has 0 saturated heterocycles. The van der Waals surface area contributed by atoms with Crippen LogP contribution in [-0.2, 0) is 9.53 Å². The van der Waals surface area contributed by atoms with Crippen molar-refractivity contribution in [1.82, 2.24) is 14.7 Å². The van der Waals surface area contributed by atoms with E-state index in [0.29, 0.717) is 33.6 Å². The maximum atomic E-state index is 12.6. The first-order valence-electron chi connectivity index (χ1n) is 9.22. The van der Waals surface area contributed by atoms with Gasteiger partial charge in [0.05, 0.1) is 0 Å². The zero-order valence-corrected chi connectivity index (χ0v) is 17.5. The number of fused-ring (bicyclic) bond motifs is 1. The van der Waals surface area contributed by atoms with Crippen molar-refractivity contribution in [2.45, 2.75) is 26.0 Å². The van der Waals surface area contributed by atoms with Crippen LogP contribution in [-0.4, -0.2) is 38.8 Å². The quantitative estimate of drug-likeness (QED) is 0.248. The zero-order chi connectivity index (χ0) is 21.3. The Labute approximate surface area is 176 Å². The molecule has 3 aromatic heterocycles. The van der Waals surface area contributed by atoms with Crippen molar-refractivity contribution in [3.63, 3.8) is 0 Å². The van der Waals surface area contributed by atoms with Crippen LogP contribution in [0.25, 0.3) is 16.9 Å². The molecular formula is C21H19N3O5S. The van der Waals surface area contributed by atoms with E-state index in [1.807, 2.05) is 36.6 Å². The van der Waals surface area contributed by atoms with E-state index >= 15 is 0 Å². The van der Waals surface area contributed by atoms with E-state index in [1.165, 1.54) is 0 Å². The Hall–Kier alpha value is -3.33. The number of aryl methyl sites for hydroxylation is 2. The number of Topliss-reactive ketones (excluding diaryl/α,β-unsaturated/α-hetero) is 1.